The van der Waals surface area contributed by atoms with E-state index in [1.807, 2.05) is 48.5 Å². The van der Waals surface area contributed by atoms with Gasteiger partial charge in [0.15, 0.2) is 5.78 Å². The van der Waals surface area contributed by atoms with Crippen LogP contribution in [0.15, 0.2) is 72.8 Å². The first kappa shape index (κ1) is 19.4. The fourth-order valence-electron chi connectivity index (χ4n) is 2.56. The average Bonchev–Trinajstić information content (AvgIpc) is 2.66. The SMILES string of the molecule is CC(=O)/C=C/CC(CCc1ccccc1)NC(=O)OCc1ccccc1. The number of ether oxygens (including phenoxy) is 1. The number of amides is 1. The van der Waals surface area contributed by atoms with E-state index in [0.29, 0.717) is 6.42 Å². The summed E-state index contributed by atoms with van der Waals surface area (Å²) in [6.07, 6.45) is 5.10. The average molecular weight is 351 g/mol. The fraction of sp³-hybridized carbons (Fsp3) is 0.273. The Hall–Kier alpha value is -2.88. The van der Waals surface area contributed by atoms with Gasteiger partial charge in [0.2, 0.25) is 0 Å². The van der Waals surface area contributed by atoms with Gasteiger partial charge in [-0.25, -0.2) is 4.79 Å². The summed E-state index contributed by atoms with van der Waals surface area (Å²) in [6.45, 7) is 1.75. The molecule has 1 N–H and O–H groups in total. The van der Waals surface area contributed by atoms with Crippen LogP contribution in [-0.4, -0.2) is 17.9 Å². The van der Waals surface area contributed by atoms with E-state index in [0.717, 1.165) is 18.4 Å². The minimum Gasteiger partial charge on any atom is -0.445 e. The van der Waals surface area contributed by atoms with Crippen LogP contribution in [0.25, 0.3) is 0 Å². The number of allylic oxidation sites excluding steroid dienone is 1. The summed E-state index contributed by atoms with van der Waals surface area (Å²) < 4.78 is 5.30. The summed E-state index contributed by atoms with van der Waals surface area (Å²) in [6, 6.07) is 19.6. The molecule has 0 saturated heterocycles. The number of benzene rings is 2. The van der Waals surface area contributed by atoms with Crippen molar-refractivity contribution < 1.29 is 14.3 Å². The van der Waals surface area contributed by atoms with Gasteiger partial charge in [0.25, 0.3) is 0 Å². The summed E-state index contributed by atoms with van der Waals surface area (Å²) >= 11 is 0. The Morgan fingerprint density at radius 1 is 1.00 bits per heavy atom. The molecule has 136 valence electrons. The van der Waals surface area contributed by atoms with Crippen molar-refractivity contribution >= 4 is 11.9 Å². The van der Waals surface area contributed by atoms with Crippen molar-refractivity contribution in [2.24, 2.45) is 0 Å². The number of carbonyl (C=O) groups is 2. The molecular weight excluding hydrogens is 326 g/mol. The van der Waals surface area contributed by atoms with Crippen LogP contribution >= 0.6 is 0 Å². The topological polar surface area (TPSA) is 55.4 Å². The minimum absolute atomic E-state index is 0.00142. The molecule has 0 radical (unpaired) electrons. The van der Waals surface area contributed by atoms with Crippen LogP contribution in [0.4, 0.5) is 4.79 Å². The molecule has 4 heteroatoms. The number of ketones is 1. The lowest BCUT2D eigenvalue weighted by molar-refractivity contribution is -0.112. The molecule has 0 fully saturated rings. The molecule has 0 saturated carbocycles. The van der Waals surface area contributed by atoms with E-state index >= 15 is 0 Å². The van der Waals surface area contributed by atoms with Gasteiger partial charge in [0.1, 0.15) is 6.61 Å². The monoisotopic (exact) mass is 351 g/mol. The lowest BCUT2D eigenvalue weighted by Crippen LogP contribution is -2.35. The number of aryl methyl sites for hydroxylation is 1. The second-order valence-corrected chi connectivity index (χ2v) is 6.18. The third-order valence-electron chi connectivity index (χ3n) is 3.93. The van der Waals surface area contributed by atoms with Gasteiger partial charge in [0, 0.05) is 6.04 Å². The number of hydrogen-bond acceptors (Lipinski definition) is 3. The summed E-state index contributed by atoms with van der Waals surface area (Å²) in [5.41, 5.74) is 2.16. The first-order valence-electron chi connectivity index (χ1n) is 8.81. The van der Waals surface area contributed by atoms with Gasteiger partial charge in [0.05, 0.1) is 0 Å². The zero-order valence-electron chi connectivity index (χ0n) is 15.1. The number of nitrogens with one attached hydrogen (secondary N) is 1. The zero-order chi connectivity index (χ0) is 18.6. The Kier molecular flexibility index (Phi) is 8.13. The normalized spacial score (nSPS) is 11.9. The maximum Gasteiger partial charge on any atom is 0.407 e. The van der Waals surface area contributed by atoms with E-state index in [1.165, 1.54) is 18.6 Å². The Morgan fingerprint density at radius 3 is 2.23 bits per heavy atom. The van der Waals surface area contributed by atoms with Crippen LogP contribution < -0.4 is 5.32 Å². The van der Waals surface area contributed by atoms with Gasteiger partial charge in [-0.3, -0.25) is 4.79 Å². The van der Waals surface area contributed by atoms with E-state index in [2.05, 4.69) is 17.4 Å². The van der Waals surface area contributed by atoms with Crippen molar-refractivity contribution in [2.45, 2.75) is 38.8 Å². The summed E-state index contributed by atoms with van der Waals surface area (Å²) in [5.74, 6) is -0.00142. The minimum atomic E-state index is -0.442. The van der Waals surface area contributed by atoms with Crippen molar-refractivity contribution in [1.29, 1.82) is 0 Å². The molecule has 2 aromatic carbocycles. The predicted molar refractivity (Wildman–Crippen MR) is 103 cm³/mol. The highest BCUT2D eigenvalue weighted by Crippen LogP contribution is 2.09. The van der Waals surface area contributed by atoms with Crippen molar-refractivity contribution in [3.63, 3.8) is 0 Å². The number of rotatable bonds is 9. The molecule has 1 unspecified atom stereocenters. The molecular formula is C22H25NO3. The predicted octanol–water partition coefficient (Wildman–Crippen LogP) is 4.45. The van der Waals surface area contributed by atoms with E-state index < -0.39 is 6.09 Å². The number of hydrogen-bond donors (Lipinski definition) is 1. The van der Waals surface area contributed by atoms with Gasteiger partial charge in [-0.15, -0.1) is 0 Å². The van der Waals surface area contributed by atoms with Gasteiger partial charge in [-0.05, 0) is 43.4 Å². The van der Waals surface area contributed by atoms with E-state index in [1.54, 1.807) is 6.08 Å². The molecule has 1 atom stereocenters. The molecule has 2 rings (SSSR count). The van der Waals surface area contributed by atoms with Crippen LogP contribution in [0.3, 0.4) is 0 Å². The summed E-state index contributed by atoms with van der Waals surface area (Å²) in [5, 5.41) is 2.91. The van der Waals surface area contributed by atoms with Crippen LogP contribution in [0.5, 0.6) is 0 Å². The molecule has 0 spiro atoms. The second-order valence-electron chi connectivity index (χ2n) is 6.18. The van der Waals surface area contributed by atoms with Crippen LogP contribution in [0, 0.1) is 0 Å². The Bertz CT molecular complexity index is 711. The van der Waals surface area contributed by atoms with Crippen molar-refractivity contribution in [1.82, 2.24) is 5.32 Å². The Balaban J connectivity index is 1.86. The van der Waals surface area contributed by atoms with E-state index in [9.17, 15) is 9.59 Å². The van der Waals surface area contributed by atoms with Crippen molar-refractivity contribution in [3.8, 4) is 0 Å². The molecule has 0 aromatic heterocycles. The first-order chi connectivity index (χ1) is 12.6. The Morgan fingerprint density at radius 2 is 1.62 bits per heavy atom. The fourth-order valence-corrected chi connectivity index (χ4v) is 2.56. The lowest BCUT2D eigenvalue weighted by Gasteiger charge is -2.17. The number of alkyl carbamates (subject to hydrolysis) is 1. The second kappa shape index (κ2) is 10.9. The molecule has 1 amide bonds. The highest BCUT2D eigenvalue weighted by atomic mass is 16.5. The molecule has 26 heavy (non-hydrogen) atoms. The third kappa shape index (κ3) is 7.79. The zero-order valence-corrected chi connectivity index (χ0v) is 15.1. The molecule has 0 aliphatic carbocycles. The smallest absolute Gasteiger partial charge is 0.407 e. The molecule has 2 aromatic rings. The van der Waals surface area contributed by atoms with Gasteiger partial charge in [-0.1, -0.05) is 66.7 Å². The van der Waals surface area contributed by atoms with Crippen molar-refractivity contribution in [2.75, 3.05) is 0 Å². The summed E-state index contributed by atoms with van der Waals surface area (Å²) in [4.78, 5) is 23.2. The molecule has 0 aliphatic rings. The highest BCUT2D eigenvalue weighted by Gasteiger charge is 2.12. The first-order valence-corrected chi connectivity index (χ1v) is 8.81. The standard InChI is InChI=1S/C22H25NO3/c1-18(24)9-8-14-21(16-15-19-10-4-2-5-11-19)23-22(25)26-17-20-12-6-3-7-13-20/h2-13,21H,14-17H2,1H3,(H,23,25)/b9-8+. The van der Waals surface area contributed by atoms with Crippen LogP contribution in [-0.2, 0) is 22.6 Å². The van der Waals surface area contributed by atoms with Crippen LogP contribution in [0.2, 0.25) is 0 Å². The largest absolute Gasteiger partial charge is 0.445 e. The third-order valence-corrected chi connectivity index (χ3v) is 3.93. The molecule has 0 aliphatic heterocycles. The van der Waals surface area contributed by atoms with Crippen molar-refractivity contribution in [3.05, 3.63) is 83.9 Å². The molecule has 0 bridgehead atoms. The van der Waals surface area contributed by atoms with E-state index in [-0.39, 0.29) is 18.4 Å². The van der Waals surface area contributed by atoms with E-state index in [4.69, 9.17) is 4.74 Å². The maximum atomic E-state index is 12.1. The summed E-state index contributed by atoms with van der Waals surface area (Å²) in [7, 11) is 0. The highest BCUT2D eigenvalue weighted by molar-refractivity contribution is 5.87. The Labute approximate surface area is 154 Å². The van der Waals surface area contributed by atoms with Gasteiger partial charge < -0.3 is 10.1 Å². The lowest BCUT2D eigenvalue weighted by atomic mass is 10.0. The van der Waals surface area contributed by atoms with Crippen LogP contribution in [0.1, 0.15) is 30.9 Å². The maximum absolute atomic E-state index is 12.1. The van der Waals surface area contributed by atoms with Gasteiger partial charge in [-0.2, -0.15) is 0 Å². The molecule has 0 heterocycles. The quantitative estimate of drug-likeness (QED) is 0.679. The number of carbonyl (C=O) groups excluding carboxylic acids is 2. The molecule has 4 nitrogen and oxygen atoms in total. The van der Waals surface area contributed by atoms with Gasteiger partial charge >= 0.3 is 6.09 Å².